The second-order valence-electron chi connectivity index (χ2n) is 8.80. The van der Waals surface area contributed by atoms with E-state index < -0.39 is 0 Å². The molecule has 1 aromatic rings. The van der Waals surface area contributed by atoms with Crippen LogP contribution in [0.5, 0.6) is 0 Å². The standard InChI is InChI=1S/C22H31N3O3/c26-20(23-12-16-5-2-1-3-6-16)9-10-21(27)24-13-17-11-18(15-24)19-7-4-8-22(28)25(19)14-17/h4,7-8,16-18H,1-3,5-6,9-15H2,(H,23,26)/t17-,18+/m0/s1. The van der Waals surface area contributed by atoms with Crippen LogP contribution in [0.2, 0.25) is 0 Å². The van der Waals surface area contributed by atoms with Crippen molar-refractivity contribution < 1.29 is 9.59 Å². The highest BCUT2D eigenvalue weighted by atomic mass is 16.2. The summed E-state index contributed by atoms with van der Waals surface area (Å²) in [4.78, 5) is 38.9. The van der Waals surface area contributed by atoms with Crippen molar-refractivity contribution in [3.05, 3.63) is 34.2 Å². The molecule has 1 saturated carbocycles. The van der Waals surface area contributed by atoms with Gasteiger partial charge in [0.2, 0.25) is 11.8 Å². The molecule has 152 valence electrons. The number of fused-ring (bicyclic) bond motifs is 4. The van der Waals surface area contributed by atoms with E-state index in [1.165, 1.54) is 32.1 Å². The molecule has 6 nitrogen and oxygen atoms in total. The van der Waals surface area contributed by atoms with Gasteiger partial charge >= 0.3 is 0 Å². The molecule has 4 rings (SSSR count). The van der Waals surface area contributed by atoms with Crippen molar-refractivity contribution in [2.24, 2.45) is 11.8 Å². The lowest BCUT2D eigenvalue weighted by Gasteiger charge is -2.42. The van der Waals surface area contributed by atoms with E-state index in [0.29, 0.717) is 31.5 Å². The molecule has 2 fully saturated rings. The number of rotatable bonds is 5. The smallest absolute Gasteiger partial charge is 0.250 e. The normalized spacial score (nSPS) is 24.5. The van der Waals surface area contributed by atoms with E-state index in [9.17, 15) is 14.4 Å². The lowest BCUT2D eigenvalue weighted by molar-refractivity contribution is -0.136. The minimum Gasteiger partial charge on any atom is -0.356 e. The van der Waals surface area contributed by atoms with Crippen LogP contribution in [0.15, 0.2) is 23.0 Å². The Hall–Kier alpha value is -2.11. The minimum atomic E-state index is -0.00646. The average molecular weight is 386 g/mol. The Kier molecular flexibility index (Phi) is 5.83. The zero-order valence-electron chi connectivity index (χ0n) is 16.6. The Morgan fingerprint density at radius 2 is 1.86 bits per heavy atom. The number of carbonyl (C=O) groups excluding carboxylic acids is 2. The summed E-state index contributed by atoms with van der Waals surface area (Å²) in [5.74, 6) is 1.22. The number of hydrogen-bond donors (Lipinski definition) is 1. The molecule has 0 aromatic carbocycles. The highest BCUT2D eigenvalue weighted by Gasteiger charge is 2.36. The van der Waals surface area contributed by atoms with Crippen LogP contribution in [0, 0.1) is 11.8 Å². The Bertz CT molecular complexity index is 781. The maximum atomic E-state index is 12.7. The first-order valence-electron chi connectivity index (χ1n) is 10.8. The van der Waals surface area contributed by atoms with E-state index in [4.69, 9.17) is 0 Å². The van der Waals surface area contributed by atoms with Crippen molar-refractivity contribution in [1.29, 1.82) is 0 Å². The van der Waals surface area contributed by atoms with Gasteiger partial charge in [0.05, 0.1) is 0 Å². The summed E-state index contributed by atoms with van der Waals surface area (Å²) in [6, 6.07) is 5.43. The van der Waals surface area contributed by atoms with Crippen LogP contribution in [0.3, 0.4) is 0 Å². The third-order valence-electron chi connectivity index (χ3n) is 6.71. The first kappa shape index (κ1) is 19.2. The fraction of sp³-hybridized carbons (Fsp3) is 0.682. The van der Waals surface area contributed by atoms with E-state index in [1.54, 1.807) is 6.07 Å². The minimum absolute atomic E-state index is 0.00646. The molecule has 0 spiro atoms. The summed E-state index contributed by atoms with van der Waals surface area (Å²) < 4.78 is 1.87. The van der Waals surface area contributed by atoms with Crippen molar-refractivity contribution in [2.45, 2.75) is 63.8 Å². The number of carbonyl (C=O) groups is 2. The zero-order valence-corrected chi connectivity index (χ0v) is 16.6. The predicted octanol–water partition coefficient (Wildman–Crippen LogP) is 2.27. The molecule has 2 aliphatic heterocycles. The molecular formula is C22H31N3O3. The van der Waals surface area contributed by atoms with Crippen LogP contribution in [-0.4, -0.2) is 40.9 Å². The molecular weight excluding hydrogens is 354 g/mol. The number of nitrogens with one attached hydrogen (secondary N) is 1. The Balaban J connectivity index is 1.27. The van der Waals surface area contributed by atoms with Crippen LogP contribution in [0.4, 0.5) is 0 Å². The molecule has 0 radical (unpaired) electrons. The maximum absolute atomic E-state index is 12.7. The summed E-state index contributed by atoms with van der Waals surface area (Å²) >= 11 is 0. The maximum Gasteiger partial charge on any atom is 0.250 e. The molecule has 0 unspecified atom stereocenters. The monoisotopic (exact) mass is 385 g/mol. The quantitative estimate of drug-likeness (QED) is 0.845. The lowest BCUT2D eigenvalue weighted by atomic mass is 9.83. The second-order valence-corrected chi connectivity index (χ2v) is 8.80. The molecule has 1 N–H and O–H groups in total. The summed E-state index contributed by atoms with van der Waals surface area (Å²) in [5, 5.41) is 3.02. The van der Waals surface area contributed by atoms with Crippen molar-refractivity contribution in [3.8, 4) is 0 Å². The highest BCUT2D eigenvalue weighted by molar-refractivity contribution is 5.83. The van der Waals surface area contributed by atoms with Gasteiger partial charge in [-0.05, 0) is 37.2 Å². The van der Waals surface area contributed by atoms with Gasteiger partial charge in [0.25, 0.3) is 5.56 Å². The van der Waals surface area contributed by atoms with Crippen LogP contribution < -0.4 is 10.9 Å². The van der Waals surface area contributed by atoms with E-state index >= 15 is 0 Å². The van der Waals surface area contributed by atoms with Crippen molar-refractivity contribution in [2.75, 3.05) is 19.6 Å². The summed E-state index contributed by atoms with van der Waals surface area (Å²) in [7, 11) is 0. The highest BCUT2D eigenvalue weighted by Crippen LogP contribution is 2.35. The molecule has 3 aliphatic rings. The van der Waals surface area contributed by atoms with Gasteiger partial charge in [0.1, 0.15) is 0 Å². The van der Waals surface area contributed by atoms with Crippen LogP contribution in [0.1, 0.15) is 63.0 Å². The molecule has 28 heavy (non-hydrogen) atoms. The molecule has 6 heteroatoms. The van der Waals surface area contributed by atoms with Crippen molar-refractivity contribution >= 4 is 11.8 Å². The van der Waals surface area contributed by atoms with Gasteiger partial charge in [-0.25, -0.2) is 0 Å². The van der Waals surface area contributed by atoms with Gasteiger partial charge in [-0.15, -0.1) is 0 Å². The number of aromatic nitrogens is 1. The van der Waals surface area contributed by atoms with Gasteiger partial charge < -0.3 is 14.8 Å². The second kappa shape index (κ2) is 8.50. The largest absolute Gasteiger partial charge is 0.356 e. The summed E-state index contributed by atoms with van der Waals surface area (Å²) in [5.41, 5.74) is 1.10. The van der Waals surface area contributed by atoms with Crippen LogP contribution >= 0.6 is 0 Å². The van der Waals surface area contributed by atoms with E-state index in [0.717, 1.165) is 18.7 Å². The van der Waals surface area contributed by atoms with Gasteiger partial charge in [0.15, 0.2) is 0 Å². The number of likely N-dealkylation sites (tertiary alicyclic amines) is 1. The predicted molar refractivity (Wildman–Crippen MR) is 107 cm³/mol. The molecule has 2 bridgehead atoms. The summed E-state index contributed by atoms with van der Waals surface area (Å²) in [6.07, 6.45) is 7.85. The summed E-state index contributed by atoms with van der Waals surface area (Å²) in [6.45, 7) is 2.80. The van der Waals surface area contributed by atoms with Crippen LogP contribution in [0.25, 0.3) is 0 Å². The first-order chi connectivity index (χ1) is 13.6. The fourth-order valence-corrected chi connectivity index (χ4v) is 5.22. The Morgan fingerprint density at radius 1 is 1.04 bits per heavy atom. The number of piperidine rings is 1. The topological polar surface area (TPSA) is 71.4 Å². The van der Waals surface area contributed by atoms with E-state index in [2.05, 4.69) is 5.32 Å². The van der Waals surface area contributed by atoms with E-state index in [1.807, 2.05) is 21.6 Å². The molecule has 1 aromatic heterocycles. The molecule has 3 heterocycles. The zero-order chi connectivity index (χ0) is 19.5. The Labute approximate surface area is 166 Å². The van der Waals surface area contributed by atoms with Crippen molar-refractivity contribution in [3.63, 3.8) is 0 Å². The SMILES string of the molecule is O=C(CCC(=O)N1C[C@@H]2C[C@H](C1)c1cccc(=O)n1C2)NCC1CCCCC1. The fourth-order valence-electron chi connectivity index (χ4n) is 5.22. The van der Waals surface area contributed by atoms with Crippen molar-refractivity contribution in [1.82, 2.24) is 14.8 Å². The third kappa shape index (κ3) is 4.31. The van der Waals surface area contributed by atoms with Crippen LogP contribution in [-0.2, 0) is 16.1 Å². The van der Waals surface area contributed by atoms with Gasteiger partial charge in [-0.2, -0.15) is 0 Å². The van der Waals surface area contributed by atoms with Gasteiger partial charge in [-0.3, -0.25) is 14.4 Å². The first-order valence-corrected chi connectivity index (χ1v) is 10.8. The number of amides is 2. The third-order valence-corrected chi connectivity index (χ3v) is 6.71. The molecule has 2 amide bonds. The molecule has 2 atom stereocenters. The molecule has 1 aliphatic carbocycles. The lowest BCUT2D eigenvalue weighted by Crippen LogP contribution is -2.49. The van der Waals surface area contributed by atoms with Gasteiger partial charge in [0, 0.05) is 56.7 Å². The van der Waals surface area contributed by atoms with E-state index in [-0.39, 0.29) is 36.1 Å². The Morgan fingerprint density at radius 3 is 2.68 bits per heavy atom. The molecule has 1 saturated heterocycles. The number of hydrogen-bond acceptors (Lipinski definition) is 3. The van der Waals surface area contributed by atoms with Gasteiger partial charge in [-0.1, -0.05) is 25.3 Å². The average Bonchev–Trinajstić information content (AvgIpc) is 2.72. The number of nitrogens with zero attached hydrogens (tertiary/aromatic N) is 2. The number of pyridine rings is 1.